The molecule has 7 nitrogen and oxygen atoms in total. The lowest BCUT2D eigenvalue weighted by Gasteiger charge is -2.33. The van der Waals surface area contributed by atoms with Crippen molar-refractivity contribution in [2.24, 2.45) is 0 Å². The van der Waals surface area contributed by atoms with E-state index in [1.165, 1.54) is 43.5 Å². The van der Waals surface area contributed by atoms with E-state index in [0.29, 0.717) is 18.3 Å². The molecule has 1 fully saturated rings. The number of amides is 2. The van der Waals surface area contributed by atoms with Crippen LogP contribution in [0.1, 0.15) is 45.8 Å². The molecule has 0 saturated carbocycles. The number of carbonyl (C=O) groups is 2. The minimum Gasteiger partial charge on any atom is -0.349 e. The van der Waals surface area contributed by atoms with Crippen molar-refractivity contribution in [1.29, 1.82) is 0 Å². The van der Waals surface area contributed by atoms with Gasteiger partial charge in [-0.2, -0.15) is 0 Å². The highest BCUT2D eigenvalue weighted by atomic mass is 32.1. The molecule has 0 aliphatic carbocycles. The second-order valence-corrected chi connectivity index (χ2v) is 7.49. The fourth-order valence-electron chi connectivity index (χ4n) is 3.00. The largest absolute Gasteiger partial charge is 0.349 e. The first-order valence-corrected chi connectivity index (χ1v) is 9.77. The molecule has 0 spiro atoms. The lowest BCUT2D eigenvalue weighted by Crippen LogP contribution is -2.42. The van der Waals surface area contributed by atoms with Gasteiger partial charge in [0.05, 0.1) is 0 Å². The number of anilines is 1. The maximum absolute atomic E-state index is 12.9. The highest BCUT2D eigenvalue weighted by Gasteiger charge is 2.20. The van der Waals surface area contributed by atoms with Crippen molar-refractivity contribution >= 4 is 28.8 Å². The molecule has 1 atom stereocenters. The van der Waals surface area contributed by atoms with Crippen molar-refractivity contribution in [1.82, 2.24) is 20.4 Å². The van der Waals surface area contributed by atoms with Gasteiger partial charge >= 0.3 is 0 Å². The van der Waals surface area contributed by atoms with E-state index in [9.17, 15) is 14.0 Å². The van der Waals surface area contributed by atoms with Crippen LogP contribution in [0.4, 0.5) is 10.1 Å². The zero-order valence-corrected chi connectivity index (χ0v) is 15.9. The third-order valence-corrected chi connectivity index (χ3v) is 5.46. The van der Waals surface area contributed by atoms with Crippen molar-refractivity contribution < 1.29 is 14.0 Å². The summed E-state index contributed by atoms with van der Waals surface area (Å²) in [6.07, 6.45) is 3.65. The number of hydrogen-bond acceptors (Lipinski definition) is 6. The molecule has 1 aliphatic heterocycles. The van der Waals surface area contributed by atoms with E-state index in [-0.39, 0.29) is 21.7 Å². The van der Waals surface area contributed by atoms with Crippen LogP contribution in [0.2, 0.25) is 0 Å². The number of likely N-dealkylation sites (tertiary alicyclic amines) is 1. The van der Waals surface area contributed by atoms with E-state index < -0.39 is 5.91 Å². The van der Waals surface area contributed by atoms with Crippen LogP contribution < -0.4 is 10.6 Å². The molecule has 9 heteroatoms. The van der Waals surface area contributed by atoms with Gasteiger partial charge in [0, 0.05) is 24.8 Å². The molecule has 2 N–H and O–H groups in total. The Morgan fingerprint density at radius 3 is 2.59 bits per heavy atom. The van der Waals surface area contributed by atoms with E-state index in [1.807, 2.05) is 0 Å². The summed E-state index contributed by atoms with van der Waals surface area (Å²) in [5, 5.41) is 13.2. The molecule has 2 heterocycles. The summed E-state index contributed by atoms with van der Waals surface area (Å²) in [5.41, 5.74) is 0.443. The van der Waals surface area contributed by atoms with E-state index in [1.54, 1.807) is 0 Å². The van der Waals surface area contributed by atoms with Gasteiger partial charge < -0.3 is 10.6 Å². The quantitative estimate of drug-likeness (QED) is 0.790. The Hall–Kier alpha value is -2.39. The van der Waals surface area contributed by atoms with Crippen LogP contribution in [0.15, 0.2) is 24.3 Å². The Kier molecular flexibility index (Phi) is 6.46. The summed E-state index contributed by atoms with van der Waals surface area (Å²) in [4.78, 5) is 26.7. The molecular weight excluding hydrogens is 369 g/mol. The van der Waals surface area contributed by atoms with Gasteiger partial charge in [0.1, 0.15) is 5.82 Å². The fraction of sp³-hybridized carbons (Fsp3) is 0.444. The van der Waals surface area contributed by atoms with Gasteiger partial charge in [0.2, 0.25) is 10.0 Å². The summed E-state index contributed by atoms with van der Waals surface area (Å²) >= 11 is 0.924. The number of carbonyl (C=O) groups excluding carboxylic acids is 2. The SMILES string of the molecule is C[C@@H]1CCCCN1CCNC(=O)c1nnc(C(=O)Nc2ccc(F)cc2)s1. The molecule has 0 radical (unpaired) electrons. The van der Waals surface area contributed by atoms with Gasteiger partial charge in [-0.3, -0.25) is 14.5 Å². The van der Waals surface area contributed by atoms with Gasteiger partial charge in [-0.25, -0.2) is 4.39 Å². The number of piperidine rings is 1. The monoisotopic (exact) mass is 391 g/mol. The summed E-state index contributed by atoms with van der Waals surface area (Å²) in [6.45, 7) is 4.59. The minimum absolute atomic E-state index is 0.0779. The topological polar surface area (TPSA) is 87.2 Å². The maximum atomic E-state index is 12.9. The zero-order valence-electron chi connectivity index (χ0n) is 15.1. The number of rotatable bonds is 6. The van der Waals surface area contributed by atoms with Crippen LogP contribution in [0, 0.1) is 5.82 Å². The smallest absolute Gasteiger partial charge is 0.286 e. The number of halogens is 1. The summed E-state index contributed by atoms with van der Waals surface area (Å²) in [6, 6.07) is 5.93. The number of nitrogens with zero attached hydrogens (tertiary/aromatic N) is 3. The number of hydrogen-bond donors (Lipinski definition) is 2. The van der Waals surface area contributed by atoms with Crippen molar-refractivity contribution in [2.75, 3.05) is 25.0 Å². The summed E-state index contributed by atoms with van der Waals surface area (Å²) in [5.74, 6) is -1.21. The van der Waals surface area contributed by atoms with Gasteiger partial charge in [0.25, 0.3) is 11.8 Å². The second kappa shape index (κ2) is 9.01. The Balaban J connectivity index is 1.49. The Morgan fingerprint density at radius 1 is 1.19 bits per heavy atom. The standard InChI is InChI=1S/C18H22FN5O2S/c1-12-4-2-3-10-24(12)11-9-20-15(25)17-22-23-18(27-17)16(26)21-14-7-5-13(19)6-8-14/h5-8,12H,2-4,9-11H2,1H3,(H,20,25)(H,21,26)/t12-/m1/s1. The van der Waals surface area contributed by atoms with E-state index in [4.69, 9.17) is 0 Å². The number of aromatic nitrogens is 2. The van der Waals surface area contributed by atoms with Gasteiger partial charge in [-0.05, 0) is 50.6 Å². The van der Waals surface area contributed by atoms with Crippen molar-refractivity contribution in [3.05, 3.63) is 40.1 Å². The molecule has 1 aromatic carbocycles. The molecule has 2 aromatic rings. The highest BCUT2D eigenvalue weighted by molar-refractivity contribution is 7.15. The van der Waals surface area contributed by atoms with Crippen LogP contribution in [-0.4, -0.2) is 52.6 Å². The van der Waals surface area contributed by atoms with Crippen molar-refractivity contribution in [3.8, 4) is 0 Å². The number of nitrogens with one attached hydrogen (secondary N) is 2. The first kappa shape index (κ1) is 19.4. The van der Waals surface area contributed by atoms with Crippen LogP contribution in [0.5, 0.6) is 0 Å². The number of benzene rings is 1. The Labute approximate surface area is 161 Å². The fourth-order valence-corrected chi connectivity index (χ4v) is 3.66. The summed E-state index contributed by atoms with van der Waals surface area (Å²) < 4.78 is 12.9. The van der Waals surface area contributed by atoms with Crippen LogP contribution in [0.3, 0.4) is 0 Å². The van der Waals surface area contributed by atoms with Gasteiger partial charge in [-0.1, -0.05) is 17.8 Å². The lowest BCUT2D eigenvalue weighted by molar-refractivity contribution is 0.0936. The highest BCUT2D eigenvalue weighted by Crippen LogP contribution is 2.16. The Bertz CT molecular complexity index is 795. The van der Waals surface area contributed by atoms with Crippen LogP contribution in [-0.2, 0) is 0 Å². The molecular formula is C18H22FN5O2S. The first-order valence-electron chi connectivity index (χ1n) is 8.95. The third kappa shape index (κ3) is 5.30. The first-order chi connectivity index (χ1) is 13.0. The average molecular weight is 391 g/mol. The van der Waals surface area contributed by atoms with Gasteiger partial charge in [0.15, 0.2) is 0 Å². The molecule has 27 heavy (non-hydrogen) atoms. The lowest BCUT2D eigenvalue weighted by atomic mass is 10.0. The summed E-state index contributed by atoms with van der Waals surface area (Å²) in [7, 11) is 0. The molecule has 0 unspecified atom stereocenters. The molecule has 0 bridgehead atoms. The molecule has 144 valence electrons. The average Bonchev–Trinajstić information content (AvgIpc) is 3.15. The van der Waals surface area contributed by atoms with Crippen LogP contribution >= 0.6 is 11.3 Å². The maximum Gasteiger partial charge on any atom is 0.286 e. The minimum atomic E-state index is -0.486. The molecule has 2 amide bonds. The molecule has 1 aromatic heterocycles. The van der Waals surface area contributed by atoms with Crippen LogP contribution in [0.25, 0.3) is 0 Å². The predicted molar refractivity (Wildman–Crippen MR) is 101 cm³/mol. The van der Waals surface area contributed by atoms with Crippen molar-refractivity contribution in [3.63, 3.8) is 0 Å². The zero-order chi connectivity index (χ0) is 19.2. The Morgan fingerprint density at radius 2 is 1.89 bits per heavy atom. The van der Waals surface area contributed by atoms with Crippen molar-refractivity contribution in [2.45, 2.75) is 32.2 Å². The molecule has 3 rings (SSSR count). The normalized spacial score (nSPS) is 17.5. The van der Waals surface area contributed by atoms with Gasteiger partial charge in [-0.15, -0.1) is 10.2 Å². The van der Waals surface area contributed by atoms with E-state index in [0.717, 1.165) is 24.4 Å². The third-order valence-electron chi connectivity index (χ3n) is 4.54. The molecule has 1 saturated heterocycles. The van der Waals surface area contributed by atoms with E-state index in [2.05, 4.69) is 32.7 Å². The second-order valence-electron chi connectivity index (χ2n) is 6.51. The van der Waals surface area contributed by atoms with E-state index >= 15 is 0 Å². The predicted octanol–water partition coefficient (Wildman–Crippen LogP) is 2.53. The molecule has 1 aliphatic rings.